The average Bonchev–Trinajstić information content (AvgIpc) is 2.37. The minimum atomic E-state index is -0.267. The van der Waals surface area contributed by atoms with Gasteiger partial charge in [-0.2, -0.15) is 0 Å². The van der Waals surface area contributed by atoms with Gasteiger partial charge < -0.3 is 4.90 Å². The van der Waals surface area contributed by atoms with Gasteiger partial charge in [-0.25, -0.2) is 4.39 Å². The van der Waals surface area contributed by atoms with Crippen molar-refractivity contribution in [3.8, 4) is 0 Å². The van der Waals surface area contributed by atoms with Gasteiger partial charge in [0.15, 0.2) is 0 Å². The molecule has 1 amide bonds. The van der Waals surface area contributed by atoms with Crippen LogP contribution in [-0.4, -0.2) is 23.9 Å². The second-order valence-electron chi connectivity index (χ2n) is 4.21. The Balaban J connectivity index is 2.63. The van der Waals surface area contributed by atoms with E-state index in [9.17, 15) is 9.18 Å². The third-order valence-electron chi connectivity index (χ3n) is 2.59. The smallest absolute Gasteiger partial charge is 0.246 e. The maximum Gasteiger partial charge on any atom is 0.246 e. The molecule has 0 aliphatic carbocycles. The molecular weight excluding hydrogens is 229 g/mol. The third-order valence-corrected chi connectivity index (χ3v) is 2.59. The lowest BCUT2D eigenvalue weighted by molar-refractivity contribution is -0.126. The Hall–Kier alpha value is -1.64. The molecule has 1 aromatic rings. The number of halogens is 1. The molecule has 1 aromatic carbocycles. The molecule has 0 aliphatic heterocycles. The van der Waals surface area contributed by atoms with Gasteiger partial charge >= 0.3 is 0 Å². The Morgan fingerprint density at radius 1 is 1.17 bits per heavy atom. The van der Waals surface area contributed by atoms with Gasteiger partial charge in [-0.3, -0.25) is 4.79 Å². The Labute approximate surface area is 108 Å². The molecule has 1 rings (SSSR count). The fraction of sp³-hybridized carbons (Fsp3) is 0.400. The van der Waals surface area contributed by atoms with Gasteiger partial charge in [-0.1, -0.05) is 26.0 Å². The molecule has 0 aliphatic rings. The lowest BCUT2D eigenvalue weighted by Gasteiger charge is -2.19. The van der Waals surface area contributed by atoms with Gasteiger partial charge in [0.25, 0.3) is 0 Å². The minimum absolute atomic E-state index is 0.0167. The molecule has 0 bridgehead atoms. The predicted octanol–water partition coefficient (Wildman–Crippen LogP) is 3.49. The second-order valence-corrected chi connectivity index (χ2v) is 4.21. The largest absolute Gasteiger partial charge is 0.339 e. The maximum absolute atomic E-state index is 12.7. The van der Waals surface area contributed by atoms with Gasteiger partial charge in [0.2, 0.25) is 5.91 Å². The van der Waals surface area contributed by atoms with E-state index in [4.69, 9.17) is 0 Å². The van der Waals surface area contributed by atoms with E-state index in [0.717, 1.165) is 31.5 Å². The van der Waals surface area contributed by atoms with Gasteiger partial charge in [0, 0.05) is 19.2 Å². The first kappa shape index (κ1) is 14.4. The number of amides is 1. The van der Waals surface area contributed by atoms with Crippen molar-refractivity contribution in [3.63, 3.8) is 0 Å². The zero-order chi connectivity index (χ0) is 13.4. The Kier molecular flexibility index (Phi) is 6.12. The molecule has 0 heterocycles. The fourth-order valence-electron chi connectivity index (χ4n) is 1.72. The monoisotopic (exact) mass is 249 g/mol. The van der Waals surface area contributed by atoms with E-state index < -0.39 is 0 Å². The Bertz CT molecular complexity index is 391. The summed E-state index contributed by atoms with van der Waals surface area (Å²) in [6, 6.07) is 6.09. The van der Waals surface area contributed by atoms with Crippen molar-refractivity contribution in [2.75, 3.05) is 13.1 Å². The normalized spacial score (nSPS) is 10.8. The van der Waals surface area contributed by atoms with Gasteiger partial charge in [-0.05, 0) is 36.6 Å². The molecule has 0 N–H and O–H groups in total. The molecule has 0 radical (unpaired) electrons. The average molecular weight is 249 g/mol. The van der Waals surface area contributed by atoms with E-state index >= 15 is 0 Å². The molecule has 0 aromatic heterocycles. The number of hydrogen-bond donors (Lipinski definition) is 0. The fourth-order valence-corrected chi connectivity index (χ4v) is 1.72. The number of benzene rings is 1. The van der Waals surface area contributed by atoms with Crippen molar-refractivity contribution in [1.82, 2.24) is 4.90 Å². The number of hydrogen-bond acceptors (Lipinski definition) is 1. The molecule has 2 nitrogen and oxygen atoms in total. The van der Waals surface area contributed by atoms with Crippen LogP contribution in [0.1, 0.15) is 32.3 Å². The van der Waals surface area contributed by atoms with Crippen molar-refractivity contribution < 1.29 is 9.18 Å². The van der Waals surface area contributed by atoms with E-state index in [1.807, 2.05) is 4.90 Å². The van der Waals surface area contributed by atoms with Crippen LogP contribution in [0.5, 0.6) is 0 Å². The van der Waals surface area contributed by atoms with E-state index in [-0.39, 0.29) is 11.7 Å². The van der Waals surface area contributed by atoms with E-state index in [2.05, 4.69) is 13.8 Å². The van der Waals surface area contributed by atoms with Crippen LogP contribution in [0.25, 0.3) is 6.08 Å². The topological polar surface area (TPSA) is 20.3 Å². The summed E-state index contributed by atoms with van der Waals surface area (Å²) in [7, 11) is 0. The first-order valence-corrected chi connectivity index (χ1v) is 6.40. The number of rotatable bonds is 6. The maximum atomic E-state index is 12.7. The predicted molar refractivity (Wildman–Crippen MR) is 72.6 cm³/mol. The van der Waals surface area contributed by atoms with Crippen LogP contribution >= 0.6 is 0 Å². The molecular formula is C15H20FNO. The SMILES string of the molecule is CCCN(CCC)C(=O)C=Cc1ccc(F)cc1. The summed E-state index contributed by atoms with van der Waals surface area (Å²) in [6.45, 7) is 5.67. The first-order chi connectivity index (χ1) is 8.67. The number of carbonyl (C=O) groups is 1. The Morgan fingerprint density at radius 2 is 1.72 bits per heavy atom. The number of nitrogens with zero attached hydrogens (tertiary/aromatic N) is 1. The summed E-state index contributed by atoms with van der Waals surface area (Å²) in [5.74, 6) is -0.250. The molecule has 0 saturated heterocycles. The molecule has 3 heteroatoms. The zero-order valence-corrected chi connectivity index (χ0v) is 11.0. The van der Waals surface area contributed by atoms with Crippen molar-refractivity contribution in [2.45, 2.75) is 26.7 Å². The van der Waals surface area contributed by atoms with Gasteiger partial charge in [0.05, 0.1) is 0 Å². The van der Waals surface area contributed by atoms with Crippen LogP contribution in [0.4, 0.5) is 4.39 Å². The van der Waals surface area contributed by atoms with Crippen molar-refractivity contribution in [1.29, 1.82) is 0 Å². The summed E-state index contributed by atoms with van der Waals surface area (Å²) >= 11 is 0. The Morgan fingerprint density at radius 3 is 2.22 bits per heavy atom. The lowest BCUT2D eigenvalue weighted by atomic mass is 10.2. The second kappa shape index (κ2) is 7.64. The summed E-state index contributed by atoms with van der Waals surface area (Å²) in [4.78, 5) is 13.8. The van der Waals surface area contributed by atoms with Crippen LogP contribution in [0, 0.1) is 5.82 Å². The van der Waals surface area contributed by atoms with E-state index in [1.165, 1.54) is 12.1 Å². The molecule has 0 atom stereocenters. The zero-order valence-electron chi connectivity index (χ0n) is 11.0. The first-order valence-electron chi connectivity index (χ1n) is 6.40. The van der Waals surface area contributed by atoms with Crippen LogP contribution in [0.3, 0.4) is 0 Å². The highest BCUT2D eigenvalue weighted by molar-refractivity contribution is 5.91. The van der Waals surface area contributed by atoms with Crippen molar-refractivity contribution >= 4 is 12.0 Å². The number of carbonyl (C=O) groups excluding carboxylic acids is 1. The molecule has 98 valence electrons. The molecule has 18 heavy (non-hydrogen) atoms. The van der Waals surface area contributed by atoms with Crippen LogP contribution in [0.2, 0.25) is 0 Å². The minimum Gasteiger partial charge on any atom is -0.339 e. The van der Waals surface area contributed by atoms with Crippen LogP contribution in [-0.2, 0) is 4.79 Å². The van der Waals surface area contributed by atoms with E-state index in [1.54, 1.807) is 24.3 Å². The van der Waals surface area contributed by atoms with E-state index in [0.29, 0.717) is 0 Å². The molecule has 0 saturated carbocycles. The molecule has 0 fully saturated rings. The highest BCUT2D eigenvalue weighted by Crippen LogP contribution is 2.05. The molecule has 0 spiro atoms. The van der Waals surface area contributed by atoms with Crippen LogP contribution < -0.4 is 0 Å². The van der Waals surface area contributed by atoms with Crippen molar-refractivity contribution in [3.05, 3.63) is 41.7 Å². The summed E-state index contributed by atoms with van der Waals surface area (Å²) in [5.41, 5.74) is 0.831. The lowest BCUT2D eigenvalue weighted by Crippen LogP contribution is -2.30. The van der Waals surface area contributed by atoms with Crippen molar-refractivity contribution in [2.24, 2.45) is 0 Å². The highest BCUT2D eigenvalue weighted by atomic mass is 19.1. The summed E-state index contributed by atoms with van der Waals surface area (Å²) < 4.78 is 12.7. The summed E-state index contributed by atoms with van der Waals surface area (Å²) in [6.07, 6.45) is 5.19. The third kappa shape index (κ3) is 4.70. The van der Waals surface area contributed by atoms with Gasteiger partial charge in [0.1, 0.15) is 5.82 Å². The standard InChI is InChI=1S/C15H20FNO/c1-3-11-17(12-4-2)15(18)10-7-13-5-8-14(16)9-6-13/h5-10H,3-4,11-12H2,1-2H3. The molecule has 0 unspecified atom stereocenters. The highest BCUT2D eigenvalue weighted by Gasteiger charge is 2.07. The summed E-state index contributed by atoms with van der Waals surface area (Å²) in [5, 5.41) is 0. The van der Waals surface area contributed by atoms with Gasteiger partial charge in [-0.15, -0.1) is 0 Å². The quantitative estimate of drug-likeness (QED) is 0.707. The van der Waals surface area contributed by atoms with Crippen LogP contribution in [0.15, 0.2) is 30.3 Å².